The first-order valence-corrected chi connectivity index (χ1v) is 48.7. The second-order valence-corrected chi connectivity index (χ2v) is 50.4. The van der Waals surface area contributed by atoms with E-state index in [1.165, 1.54) is 202 Å². The van der Waals surface area contributed by atoms with Crippen LogP contribution in [0.4, 0.5) is 0 Å². The molecule has 4 nitrogen and oxygen atoms in total. The molecular formula is C82H114N4S8Si2. The Labute approximate surface area is 614 Å². The topological polar surface area (TPSA) is 51.6 Å². The summed E-state index contributed by atoms with van der Waals surface area (Å²) in [7, 11) is -3.81. The molecule has 0 saturated carbocycles. The third kappa shape index (κ3) is 16.8. The fourth-order valence-corrected chi connectivity index (χ4v) is 44.1. The monoisotopic (exact) mass is 1470 g/mol. The van der Waals surface area contributed by atoms with Crippen molar-refractivity contribution in [2.75, 3.05) is 0 Å². The molecule has 518 valence electrons. The predicted octanol–water partition coefficient (Wildman–Crippen LogP) is 29.7. The highest BCUT2D eigenvalue weighted by Gasteiger charge is 2.47. The van der Waals surface area contributed by atoms with Crippen molar-refractivity contribution in [3.8, 4) is 71.8 Å². The van der Waals surface area contributed by atoms with Gasteiger partial charge in [-0.2, -0.15) is 0 Å². The molecule has 0 amide bonds. The van der Waals surface area contributed by atoms with E-state index >= 15 is 0 Å². The Bertz CT molecular complexity index is 3660. The molecule has 0 spiro atoms. The third-order valence-corrected chi connectivity index (χ3v) is 46.8. The van der Waals surface area contributed by atoms with E-state index in [4.69, 9.17) is 19.9 Å². The van der Waals surface area contributed by atoms with E-state index in [-0.39, 0.29) is 0 Å². The maximum absolute atomic E-state index is 5.70. The van der Waals surface area contributed by atoms with Gasteiger partial charge >= 0.3 is 0 Å². The van der Waals surface area contributed by atoms with E-state index in [0.29, 0.717) is 33.2 Å². The van der Waals surface area contributed by atoms with Crippen LogP contribution in [0.15, 0.2) is 83.6 Å². The normalized spacial score (nSPS) is 12.8. The predicted molar refractivity (Wildman–Crippen MR) is 444 cm³/mol. The molecule has 0 aliphatic carbocycles. The fourth-order valence-electron chi connectivity index (χ4n) is 17.0. The summed E-state index contributed by atoms with van der Waals surface area (Å²) in [5.74, 6) is 1.51. The average Bonchev–Trinajstić information content (AvgIpc) is 1.54. The van der Waals surface area contributed by atoms with Crippen LogP contribution in [-0.2, 0) is 12.8 Å². The number of rotatable bonds is 39. The number of fused-ring (bicyclic) bond motifs is 2. The molecule has 0 aliphatic heterocycles. The minimum Gasteiger partial charge on any atom is -0.234 e. The molecule has 0 unspecified atom stereocenters. The number of aromatic nitrogens is 4. The SMILES string of the molecule is CCCCCCC(CCCCCC)Cc1ccc(-c2nc(-c3ccc([Si](C(C)C)(C(C)C)C(C)C)s3)c(-c3nc4csc(-c5scc6nc(-c7sc(-c8ccc(CC(CCCCCC)CCCCCC)cc8)nc7-c7ccc([Si](C(C)C)(C(C)C)C(C)C)s7)sc56)c4s3)s2)cc1. The number of thiazole rings is 4. The molecule has 0 fully saturated rings. The van der Waals surface area contributed by atoms with Gasteiger partial charge in [-0.15, -0.1) is 90.7 Å². The highest BCUT2D eigenvalue weighted by Crippen LogP contribution is 2.54. The van der Waals surface area contributed by atoms with Gasteiger partial charge in [0.25, 0.3) is 0 Å². The van der Waals surface area contributed by atoms with Crippen molar-refractivity contribution in [1.82, 2.24) is 19.9 Å². The second kappa shape index (κ2) is 35.1. The smallest absolute Gasteiger partial charge is 0.137 e. The summed E-state index contributed by atoms with van der Waals surface area (Å²) in [4.78, 5) is 30.1. The maximum Gasteiger partial charge on any atom is 0.137 e. The molecule has 2 aromatic carbocycles. The van der Waals surface area contributed by atoms with Crippen LogP contribution in [-0.4, -0.2) is 36.1 Å². The minimum atomic E-state index is -1.90. The lowest BCUT2D eigenvalue weighted by Crippen LogP contribution is -2.54. The highest BCUT2D eigenvalue weighted by atomic mass is 32.1. The molecule has 0 bridgehead atoms. The van der Waals surface area contributed by atoms with Crippen LogP contribution in [0.3, 0.4) is 0 Å². The van der Waals surface area contributed by atoms with E-state index < -0.39 is 16.1 Å². The summed E-state index contributed by atoms with van der Waals surface area (Å²) in [6, 6.07) is 29.0. The Balaban J connectivity index is 1.01. The zero-order valence-corrected chi connectivity index (χ0v) is 69.8. The molecule has 0 aliphatic rings. The lowest BCUT2D eigenvalue weighted by atomic mass is 9.88. The van der Waals surface area contributed by atoms with Gasteiger partial charge in [0.15, 0.2) is 0 Å². The van der Waals surface area contributed by atoms with Crippen molar-refractivity contribution < 1.29 is 0 Å². The first-order valence-electron chi connectivity index (χ1n) is 37.6. The number of thiophene rings is 4. The highest BCUT2D eigenvalue weighted by molar-refractivity contribution is 7.35. The summed E-state index contributed by atoms with van der Waals surface area (Å²) >= 11 is 15.1. The van der Waals surface area contributed by atoms with Crippen LogP contribution in [0.5, 0.6) is 0 Å². The molecule has 0 N–H and O–H groups in total. The summed E-state index contributed by atoms with van der Waals surface area (Å²) in [5.41, 5.74) is 13.5. The number of benzene rings is 2. The van der Waals surface area contributed by atoms with Crippen molar-refractivity contribution in [3.05, 3.63) is 94.7 Å². The molecular weight excluding hydrogens is 1350 g/mol. The molecule has 8 aromatic heterocycles. The van der Waals surface area contributed by atoms with E-state index in [9.17, 15) is 0 Å². The van der Waals surface area contributed by atoms with Crippen LogP contribution in [0.25, 0.3) is 92.2 Å². The maximum atomic E-state index is 5.70. The Morgan fingerprint density at radius 3 is 0.948 bits per heavy atom. The van der Waals surface area contributed by atoms with Crippen molar-refractivity contribution in [3.63, 3.8) is 0 Å². The molecule has 10 aromatic rings. The van der Waals surface area contributed by atoms with Crippen LogP contribution in [0, 0.1) is 11.8 Å². The molecule has 0 atom stereocenters. The molecule has 14 heteroatoms. The minimum absolute atomic E-state index is 0.630. The molecule has 0 saturated heterocycles. The second-order valence-electron chi connectivity index (χ2n) is 30.0. The van der Waals surface area contributed by atoms with Crippen LogP contribution >= 0.6 is 90.7 Å². The lowest BCUT2D eigenvalue weighted by molar-refractivity contribution is 0.404. The lowest BCUT2D eigenvalue weighted by Gasteiger charge is -2.42. The van der Waals surface area contributed by atoms with Gasteiger partial charge in [0.1, 0.15) is 47.6 Å². The van der Waals surface area contributed by atoms with E-state index in [2.05, 4.69) is 194 Å². The molecule has 8 heterocycles. The van der Waals surface area contributed by atoms with Crippen LogP contribution in [0.2, 0.25) is 33.2 Å². The van der Waals surface area contributed by atoms with Crippen molar-refractivity contribution in [2.24, 2.45) is 11.8 Å². The van der Waals surface area contributed by atoms with Gasteiger partial charge in [-0.3, -0.25) is 0 Å². The summed E-state index contributed by atoms with van der Waals surface area (Å²) in [6.45, 7) is 39.2. The standard InChI is InChI=1S/C82H114N4S8Si2/c1-17-21-25-29-33-59(34-30-26-22-18-2)49-61-37-41-63(42-38-61)79-85-71(67-45-47-69(89-67)95(53(5)6,54(7)8)55(9)10)75(93-79)81-83-65-51-87-77(73(65)91-81)78-74-66(52-88-78)84-82(92-74)76-72(68-46-48-70(90-68)96(56(11)12,57(13)14)58(15)16)86-80(94-76)64-43-39-62(40-44-64)50-60(35-31-27-23-19-3)36-32-28-24-20-4/h37-48,51-60H,17-36,49-50H2,1-16H3. The van der Waals surface area contributed by atoms with Gasteiger partial charge in [0.2, 0.25) is 0 Å². The largest absolute Gasteiger partial charge is 0.234 e. The van der Waals surface area contributed by atoms with Crippen LogP contribution in [0.1, 0.15) is 250 Å². The first kappa shape index (κ1) is 75.4. The Hall–Kier alpha value is -3.29. The quantitative estimate of drug-likeness (QED) is 0.0285. The van der Waals surface area contributed by atoms with Gasteiger partial charge in [-0.05, 0) is 90.2 Å². The number of nitrogens with zero attached hydrogens (tertiary/aromatic N) is 4. The average molecular weight is 1470 g/mol. The Morgan fingerprint density at radius 2 is 0.646 bits per heavy atom. The molecule has 10 rings (SSSR count). The molecule has 0 radical (unpaired) electrons. The fraction of sp³-hybridized carbons (Fsp3) is 0.561. The van der Waals surface area contributed by atoms with E-state index in [0.717, 1.165) is 54.3 Å². The summed E-state index contributed by atoms with van der Waals surface area (Å²) in [5, 5.41) is 8.92. The Morgan fingerprint density at radius 1 is 0.323 bits per heavy atom. The van der Waals surface area contributed by atoms with E-state index in [1.807, 2.05) is 90.7 Å². The number of hydrogen-bond acceptors (Lipinski definition) is 12. The number of hydrogen-bond donors (Lipinski definition) is 0. The zero-order valence-electron chi connectivity index (χ0n) is 61.3. The van der Waals surface area contributed by atoms with Gasteiger partial charge in [0.05, 0.1) is 49.7 Å². The first-order chi connectivity index (χ1) is 46.4. The molecule has 96 heavy (non-hydrogen) atoms. The number of unbranched alkanes of at least 4 members (excludes halogenated alkanes) is 12. The van der Waals surface area contributed by atoms with Gasteiger partial charge in [-0.1, -0.05) is 300 Å². The van der Waals surface area contributed by atoms with Gasteiger partial charge < -0.3 is 0 Å². The van der Waals surface area contributed by atoms with E-state index in [1.54, 1.807) is 9.00 Å². The van der Waals surface area contributed by atoms with Crippen molar-refractivity contribution >= 4 is 136 Å². The summed E-state index contributed by atoms with van der Waals surface area (Å²) < 4.78 is 5.74. The van der Waals surface area contributed by atoms with Crippen molar-refractivity contribution in [1.29, 1.82) is 0 Å². The van der Waals surface area contributed by atoms with Crippen LogP contribution < -0.4 is 9.00 Å². The van der Waals surface area contributed by atoms with Gasteiger partial charge in [-0.25, -0.2) is 19.9 Å². The Kier molecular flexibility index (Phi) is 27.5. The van der Waals surface area contributed by atoms with Crippen molar-refractivity contribution in [2.45, 2.75) is 285 Å². The third-order valence-electron chi connectivity index (χ3n) is 21.7. The van der Waals surface area contributed by atoms with Gasteiger partial charge in [0, 0.05) is 21.9 Å². The zero-order chi connectivity index (χ0) is 68.3. The summed E-state index contributed by atoms with van der Waals surface area (Å²) in [6.07, 6.45) is 29.2.